The van der Waals surface area contributed by atoms with Gasteiger partial charge in [-0.25, -0.2) is 9.97 Å². The van der Waals surface area contributed by atoms with Crippen LogP contribution in [0.3, 0.4) is 0 Å². The number of morpholine rings is 1. The van der Waals surface area contributed by atoms with E-state index >= 15 is 0 Å². The molecule has 0 aromatic carbocycles. The van der Waals surface area contributed by atoms with Crippen LogP contribution in [0.1, 0.15) is 26.6 Å². The summed E-state index contributed by atoms with van der Waals surface area (Å²) >= 11 is 1.67. The first kappa shape index (κ1) is 14.7. The van der Waals surface area contributed by atoms with Crippen molar-refractivity contribution in [2.24, 2.45) is 0 Å². The highest BCUT2D eigenvalue weighted by molar-refractivity contribution is 7.16. The number of nitrogens with zero attached hydrogens (tertiary/aromatic N) is 3. The van der Waals surface area contributed by atoms with Crippen molar-refractivity contribution in [1.82, 2.24) is 14.9 Å². The molecule has 0 amide bonds. The molecule has 2 aromatic heterocycles. The van der Waals surface area contributed by atoms with E-state index in [0.29, 0.717) is 0 Å². The smallest absolute Gasteiger partial charge is 0.146 e. The van der Waals surface area contributed by atoms with Crippen molar-refractivity contribution in [1.29, 1.82) is 0 Å². The number of fused-ring (bicyclic) bond motifs is 1. The van der Waals surface area contributed by atoms with Crippen molar-refractivity contribution in [2.75, 3.05) is 31.6 Å². The molecule has 1 aliphatic rings. The number of nitrogens with one attached hydrogen (secondary N) is 1. The van der Waals surface area contributed by atoms with Crippen molar-refractivity contribution in [2.45, 2.75) is 32.9 Å². The summed E-state index contributed by atoms with van der Waals surface area (Å²) in [6.07, 6.45) is 0. The minimum Gasteiger partial charge on any atom is -0.378 e. The zero-order valence-electron chi connectivity index (χ0n) is 12.8. The molecule has 5 nitrogen and oxygen atoms in total. The molecule has 0 radical (unpaired) electrons. The molecule has 1 fully saturated rings. The number of ether oxygens (including phenoxy) is 1. The maximum atomic E-state index is 5.58. The fourth-order valence-electron chi connectivity index (χ4n) is 2.63. The number of rotatable bonds is 4. The molecule has 3 rings (SSSR count). The zero-order chi connectivity index (χ0) is 14.9. The van der Waals surface area contributed by atoms with E-state index in [9.17, 15) is 0 Å². The Labute approximate surface area is 129 Å². The lowest BCUT2D eigenvalue weighted by atomic mass is 10.0. The highest BCUT2D eigenvalue weighted by Crippen LogP contribution is 2.27. The molecule has 0 saturated carbocycles. The van der Waals surface area contributed by atoms with Gasteiger partial charge in [-0.3, -0.25) is 4.90 Å². The molecule has 1 saturated heterocycles. The van der Waals surface area contributed by atoms with Gasteiger partial charge in [0.15, 0.2) is 0 Å². The molecule has 2 aromatic rings. The monoisotopic (exact) mass is 306 g/mol. The van der Waals surface area contributed by atoms with Crippen LogP contribution in [-0.2, 0) is 11.3 Å². The fraction of sp³-hybridized carbons (Fsp3) is 0.600. The summed E-state index contributed by atoms with van der Waals surface area (Å²) in [6, 6.07) is 2.08. The molecule has 114 valence electrons. The summed E-state index contributed by atoms with van der Waals surface area (Å²) in [5.74, 6) is 1.83. The average Bonchev–Trinajstić information content (AvgIpc) is 2.90. The van der Waals surface area contributed by atoms with Crippen molar-refractivity contribution in [3.8, 4) is 0 Å². The fourth-order valence-corrected chi connectivity index (χ4v) is 3.41. The van der Waals surface area contributed by atoms with Gasteiger partial charge in [0.25, 0.3) is 0 Å². The van der Waals surface area contributed by atoms with E-state index in [2.05, 4.69) is 42.4 Å². The predicted molar refractivity (Wildman–Crippen MR) is 86.9 cm³/mol. The molecule has 0 bridgehead atoms. The molecule has 0 atom stereocenters. The molecule has 0 spiro atoms. The predicted octanol–water partition coefficient (Wildman–Crippen LogP) is 2.73. The zero-order valence-corrected chi connectivity index (χ0v) is 13.7. The van der Waals surface area contributed by atoms with Crippen molar-refractivity contribution in [3.63, 3.8) is 0 Å². The quantitative estimate of drug-likeness (QED) is 0.941. The van der Waals surface area contributed by atoms with Crippen LogP contribution >= 0.6 is 11.3 Å². The highest BCUT2D eigenvalue weighted by Gasteiger charge is 2.31. The first-order valence-corrected chi connectivity index (χ1v) is 8.29. The molecular formula is C15H22N4OS. The minimum atomic E-state index is 0.0321. The van der Waals surface area contributed by atoms with Gasteiger partial charge in [-0.2, -0.15) is 0 Å². The number of aromatic nitrogens is 2. The van der Waals surface area contributed by atoms with E-state index in [4.69, 9.17) is 14.7 Å². The number of thiophene rings is 1. The third-order valence-electron chi connectivity index (χ3n) is 3.86. The lowest BCUT2D eigenvalue weighted by molar-refractivity contribution is -0.0562. The molecule has 0 unspecified atom stereocenters. The Hall–Kier alpha value is -1.24. The summed E-state index contributed by atoms with van der Waals surface area (Å²) in [5.41, 5.74) is 0.0321. The van der Waals surface area contributed by atoms with E-state index < -0.39 is 0 Å². The van der Waals surface area contributed by atoms with Crippen molar-refractivity contribution < 1.29 is 4.74 Å². The molecule has 0 aliphatic carbocycles. The minimum absolute atomic E-state index is 0.0321. The molecule has 21 heavy (non-hydrogen) atoms. The Morgan fingerprint density at radius 3 is 3.05 bits per heavy atom. The number of hydrogen-bond acceptors (Lipinski definition) is 6. The van der Waals surface area contributed by atoms with Gasteiger partial charge in [-0.05, 0) is 32.2 Å². The van der Waals surface area contributed by atoms with E-state index in [-0.39, 0.29) is 5.54 Å². The second kappa shape index (κ2) is 5.87. The third-order valence-corrected chi connectivity index (χ3v) is 4.67. The molecule has 6 heteroatoms. The Kier molecular flexibility index (Phi) is 4.10. The van der Waals surface area contributed by atoms with Gasteiger partial charge in [0.1, 0.15) is 16.5 Å². The molecule has 1 N–H and O–H groups in total. The van der Waals surface area contributed by atoms with E-state index in [1.54, 1.807) is 11.3 Å². The number of anilines is 1. The second-order valence-electron chi connectivity index (χ2n) is 5.94. The Morgan fingerprint density at radius 1 is 1.43 bits per heavy atom. The maximum absolute atomic E-state index is 5.58. The van der Waals surface area contributed by atoms with Gasteiger partial charge in [0.05, 0.1) is 25.1 Å². The van der Waals surface area contributed by atoms with Crippen LogP contribution in [-0.4, -0.2) is 46.7 Å². The van der Waals surface area contributed by atoms with Crippen LogP contribution in [0.4, 0.5) is 5.82 Å². The van der Waals surface area contributed by atoms with Gasteiger partial charge >= 0.3 is 0 Å². The van der Waals surface area contributed by atoms with Crippen LogP contribution in [0.15, 0.2) is 11.4 Å². The Bertz CT molecular complexity index is 625. The van der Waals surface area contributed by atoms with E-state index in [1.807, 2.05) is 0 Å². The van der Waals surface area contributed by atoms with Gasteiger partial charge in [0, 0.05) is 18.6 Å². The summed E-state index contributed by atoms with van der Waals surface area (Å²) in [4.78, 5) is 12.9. The van der Waals surface area contributed by atoms with Crippen molar-refractivity contribution in [3.05, 3.63) is 17.3 Å². The highest BCUT2D eigenvalue weighted by atomic mass is 32.1. The van der Waals surface area contributed by atoms with Crippen LogP contribution < -0.4 is 5.32 Å². The second-order valence-corrected chi connectivity index (χ2v) is 6.84. The standard InChI is InChI=1S/C15H22N4OS/c1-4-16-13-11-5-8-21-14(11)18-12(17-13)9-19-6-7-20-10-15(19,2)3/h5,8H,4,6-7,9-10H2,1-3H3,(H,16,17,18). The first-order valence-electron chi connectivity index (χ1n) is 7.41. The van der Waals surface area contributed by atoms with E-state index in [1.165, 1.54) is 0 Å². The molecular weight excluding hydrogens is 284 g/mol. The van der Waals surface area contributed by atoms with Gasteiger partial charge < -0.3 is 10.1 Å². The van der Waals surface area contributed by atoms with Crippen LogP contribution in [0.5, 0.6) is 0 Å². The summed E-state index contributed by atoms with van der Waals surface area (Å²) in [7, 11) is 0. The summed E-state index contributed by atoms with van der Waals surface area (Å²) < 4.78 is 5.58. The van der Waals surface area contributed by atoms with E-state index in [0.717, 1.165) is 54.7 Å². The normalized spacial score (nSPS) is 19.0. The topological polar surface area (TPSA) is 50.3 Å². The first-order chi connectivity index (χ1) is 10.1. The summed E-state index contributed by atoms with van der Waals surface area (Å²) in [5, 5.41) is 6.54. The Balaban J connectivity index is 1.89. The lowest BCUT2D eigenvalue weighted by Gasteiger charge is -2.41. The maximum Gasteiger partial charge on any atom is 0.146 e. The summed E-state index contributed by atoms with van der Waals surface area (Å²) in [6.45, 7) is 10.6. The lowest BCUT2D eigenvalue weighted by Crippen LogP contribution is -2.52. The molecule has 3 heterocycles. The van der Waals surface area contributed by atoms with Gasteiger partial charge in [-0.1, -0.05) is 0 Å². The largest absolute Gasteiger partial charge is 0.378 e. The van der Waals surface area contributed by atoms with Crippen LogP contribution in [0.25, 0.3) is 10.2 Å². The Morgan fingerprint density at radius 2 is 2.29 bits per heavy atom. The van der Waals surface area contributed by atoms with Crippen LogP contribution in [0.2, 0.25) is 0 Å². The van der Waals surface area contributed by atoms with Gasteiger partial charge in [-0.15, -0.1) is 11.3 Å². The SMILES string of the molecule is CCNc1nc(CN2CCOCC2(C)C)nc2sccc12. The third kappa shape index (κ3) is 3.02. The van der Waals surface area contributed by atoms with Crippen LogP contribution in [0, 0.1) is 0 Å². The van der Waals surface area contributed by atoms with Gasteiger partial charge in [0.2, 0.25) is 0 Å². The number of hydrogen-bond donors (Lipinski definition) is 1. The molecule has 1 aliphatic heterocycles. The average molecular weight is 306 g/mol. The van der Waals surface area contributed by atoms with Crippen molar-refractivity contribution >= 4 is 27.4 Å².